The van der Waals surface area contributed by atoms with Crippen LogP contribution >= 0.6 is 23.2 Å². The maximum atomic E-state index is 8.54. The Morgan fingerprint density at radius 3 is 2.39 bits per heavy atom. The number of halogens is 2. The average molecular weight is 557 g/mol. The van der Waals surface area contributed by atoms with E-state index in [1.165, 1.54) is 19.3 Å². The molecule has 0 aliphatic carbocycles. The summed E-state index contributed by atoms with van der Waals surface area (Å²) < 4.78 is 6.83. The van der Waals surface area contributed by atoms with Gasteiger partial charge in [0, 0.05) is 47.6 Å². The van der Waals surface area contributed by atoms with Gasteiger partial charge in [0.15, 0.2) is 0 Å². The van der Waals surface area contributed by atoms with Gasteiger partial charge in [-0.2, -0.15) is 0 Å². The highest BCUT2D eigenvalue weighted by molar-refractivity contribution is 6.34. The number of nitrogens with one attached hydrogen (secondary N) is 1. The van der Waals surface area contributed by atoms with Gasteiger partial charge in [-0.3, -0.25) is 4.90 Å². The average Bonchev–Trinajstić information content (AvgIpc) is 3.04. The van der Waals surface area contributed by atoms with Crippen LogP contribution in [-0.2, 0) is 4.74 Å². The summed E-state index contributed by atoms with van der Waals surface area (Å²) in [4.78, 5) is 4.70. The van der Waals surface area contributed by atoms with Crippen LogP contribution in [0.25, 0.3) is 0 Å². The van der Waals surface area contributed by atoms with E-state index in [9.17, 15) is 0 Å². The maximum Gasteiger partial charge on any atom is 0.102 e. The van der Waals surface area contributed by atoms with Crippen LogP contribution < -0.4 is 0 Å². The third-order valence-electron chi connectivity index (χ3n) is 7.15. The van der Waals surface area contributed by atoms with Gasteiger partial charge in [-0.1, -0.05) is 80.1 Å². The molecule has 0 saturated carbocycles. The summed E-state index contributed by atoms with van der Waals surface area (Å²) in [5.41, 5.74) is 2.20. The van der Waals surface area contributed by atoms with Gasteiger partial charge in [-0.25, -0.2) is 0 Å². The normalized spacial score (nSPS) is 26.8. The molecule has 3 aliphatic rings. The molecule has 2 unspecified atom stereocenters. The lowest BCUT2D eigenvalue weighted by Crippen LogP contribution is -2.35. The van der Waals surface area contributed by atoms with Gasteiger partial charge in [0.25, 0.3) is 0 Å². The summed E-state index contributed by atoms with van der Waals surface area (Å²) in [7, 11) is 0. The van der Waals surface area contributed by atoms with E-state index in [1.807, 2.05) is 56.4 Å². The minimum Gasteiger partial charge on any atom is -0.372 e. The number of ether oxygens (including phenoxy) is 1. The van der Waals surface area contributed by atoms with Gasteiger partial charge >= 0.3 is 0 Å². The molecule has 1 aromatic rings. The van der Waals surface area contributed by atoms with E-state index in [2.05, 4.69) is 34.6 Å². The van der Waals surface area contributed by atoms with Gasteiger partial charge < -0.3 is 15.0 Å². The number of rotatable bonds is 6. The zero-order valence-corrected chi connectivity index (χ0v) is 24.5. The molecule has 1 aromatic carbocycles. The van der Waals surface area contributed by atoms with Crippen molar-refractivity contribution >= 4 is 28.9 Å². The first-order chi connectivity index (χ1) is 18.4. The van der Waals surface area contributed by atoms with Crippen LogP contribution in [0.2, 0.25) is 10.0 Å². The van der Waals surface area contributed by atoms with Crippen molar-refractivity contribution in [2.75, 3.05) is 32.7 Å². The van der Waals surface area contributed by atoms with Gasteiger partial charge in [0.05, 0.1) is 5.60 Å². The molecule has 6 heteroatoms. The van der Waals surface area contributed by atoms with Crippen molar-refractivity contribution < 1.29 is 4.74 Å². The van der Waals surface area contributed by atoms with Crippen LogP contribution in [0.4, 0.5) is 0 Å². The largest absolute Gasteiger partial charge is 0.372 e. The van der Waals surface area contributed by atoms with Crippen molar-refractivity contribution in [3.8, 4) is 0 Å². The zero-order chi connectivity index (χ0) is 27.4. The Morgan fingerprint density at radius 1 is 0.947 bits per heavy atom. The minimum atomic E-state index is -0.395. The number of allylic oxidation sites excluding steroid dienone is 5. The molecule has 1 spiro atoms. The number of hydrogen-bond acceptors (Lipinski definition) is 4. The number of hydrogen-bond donors (Lipinski definition) is 1. The van der Waals surface area contributed by atoms with Crippen LogP contribution in [0.5, 0.6) is 0 Å². The Labute approximate surface area is 239 Å². The second-order valence-electron chi connectivity index (χ2n) is 9.96. The smallest absolute Gasteiger partial charge is 0.102 e. The van der Waals surface area contributed by atoms with Crippen LogP contribution in [0.15, 0.2) is 79.1 Å². The topological polar surface area (TPSA) is 39.6 Å². The summed E-state index contributed by atoms with van der Waals surface area (Å²) in [6, 6.07) is 5.60. The van der Waals surface area contributed by atoms with Crippen molar-refractivity contribution in [2.24, 2.45) is 0 Å². The summed E-state index contributed by atoms with van der Waals surface area (Å²) in [5, 5.41) is 9.76. The Bertz CT molecular complexity index is 1030. The Balaban J connectivity index is 0.00000195. The fourth-order valence-electron chi connectivity index (χ4n) is 5.18. The van der Waals surface area contributed by atoms with E-state index < -0.39 is 5.60 Å². The molecule has 4 rings (SSSR count). The first-order valence-electron chi connectivity index (χ1n) is 14.0. The summed E-state index contributed by atoms with van der Waals surface area (Å²) >= 11 is 12.6. The minimum absolute atomic E-state index is 0.248. The second-order valence-corrected chi connectivity index (χ2v) is 10.8. The zero-order valence-electron chi connectivity index (χ0n) is 23.0. The quantitative estimate of drug-likeness (QED) is 0.282. The van der Waals surface area contributed by atoms with E-state index in [-0.39, 0.29) is 6.10 Å². The van der Waals surface area contributed by atoms with E-state index in [0.717, 1.165) is 56.7 Å². The Morgan fingerprint density at radius 2 is 1.66 bits per heavy atom. The third kappa shape index (κ3) is 9.27. The van der Waals surface area contributed by atoms with Crippen molar-refractivity contribution in [3.05, 3.63) is 94.7 Å². The lowest BCUT2D eigenvalue weighted by Gasteiger charge is -2.34. The molecule has 0 bridgehead atoms. The third-order valence-corrected chi connectivity index (χ3v) is 7.59. The standard InChI is InChI=1S/C30H37Cl2N3O.C2H6/c1-24(35-17-7-4-8-18-35)11-12-28(33)23-34-16-9-14-30(15-19-34)13-6-3-2-5-10-29(36-30)25-20-26(31)22-27(32)21-25;1-2/h2-3,5-6,10-13,20-22,29,33H,1,4,7-9,14-19,23H2;1-2H3/b3-2-,10-5+,12-11-,13-6+,33-28?;. The predicted molar refractivity (Wildman–Crippen MR) is 164 cm³/mol. The number of piperidine rings is 1. The molecule has 0 amide bonds. The van der Waals surface area contributed by atoms with Crippen molar-refractivity contribution in [3.63, 3.8) is 0 Å². The lowest BCUT2D eigenvalue weighted by molar-refractivity contribution is -0.0525. The Hall–Kier alpha value is -2.11. The highest BCUT2D eigenvalue weighted by Gasteiger charge is 2.34. The fourth-order valence-corrected chi connectivity index (χ4v) is 5.72. The fraction of sp³-hybridized carbons (Fsp3) is 0.469. The molecule has 2 fully saturated rings. The molecule has 0 radical (unpaired) electrons. The van der Waals surface area contributed by atoms with Crippen LogP contribution in [0, 0.1) is 5.41 Å². The molecule has 1 N–H and O–H groups in total. The molecule has 0 aromatic heterocycles. The molecule has 2 saturated heterocycles. The molecular weight excluding hydrogens is 513 g/mol. The highest BCUT2D eigenvalue weighted by Crippen LogP contribution is 2.36. The van der Waals surface area contributed by atoms with E-state index >= 15 is 0 Å². The SMILES string of the molecule is C=C(/C=C\C(=N)CN1CCCC2(/C=C/C=C\C=C\C(c3cc(Cl)cc(Cl)c3)O2)CC1)N1CCCCC1.CC. The predicted octanol–water partition coefficient (Wildman–Crippen LogP) is 8.56. The van der Waals surface area contributed by atoms with Crippen LogP contribution in [-0.4, -0.2) is 53.8 Å². The summed E-state index contributed by atoms with van der Waals surface area (Å²) in [5.74, 6) is 0. The van der Waals surface area contributed by atoms with Crippen LogP contribution in [0.3, 0.4) is 0 Å². The van der Waals surface area contributed by atoms with E-state index in [0.29, 0.717) is 22.3 Å². The van der Waals surface area contributed by atoms with E-state index in [4.69, 9.17) is 33.3 Å². The molecular formula is C32H43Cl2N3O. The highest BCUT2D eigenvalue weighted by atomic mass is 35.5. The lowest BCUT2D eigenvalue weighted by atomic mass is 9.93. The number of likely N-dealkylation sites (tertiary alicyclic amines) is 2. The molecule has 2 atom stereocenters. The van der Waals surface area contributed by atoms with Gasteiger partial charge in [0.1, 0.15) is 6.10 Å². The summed E-state index contributed by atoms with van der Waals surface area (Å²) in [6.07, 6.45) is 22.6. The molecule has 4 nitrogen and oxygen atoms in total. The first-order valence-corrected chi connectivity index (χ1v) is 14.8. The molecule has 3 heterocycles. The van der Waals surface area contributed by atoms with Crippen molar-refractivity contribution in [1.29, 1.82) is 5.41 Å². The molecule has 3 aliphatic heterocycles. The number of nitrogens with zero attached hydrogens (tertiary/aromatic N) is 2. The van der Waals surface area contributed by atoms with E-state index in [1.54, 1.807) is 6.07 Å². The Kier molecular flexibility index (Phi) is 12.4. The molecule has 206 valence electrons. The van der Waals surface area contributed by atoms with Crippen LogP contribution in [0.1, 0.15) is 64.0 Å². The van der Waals surface area contributed by atoms with Crippen molar-refractivity contribution in [1.82, 2.24) is 9.80 Å². The second kappa shape index (κ2) is 15.5. The van der Waals surface area contributed by atoms with Gasteiger partial charge in [0.2, 0.25) is 0 Å². The number of benzene rings is 1. The molecule has 38 heavy (non-hydrogen) atoms. The first kappa shape index (κ1) is 30.4. The maximum absolute atomic E-state index is 8.54. The van der Waals surface area contributed by atoms with Gasteiger partial charge in [-0.05, 0) is 81.0 Å². The summed E-state index contributed by atoms with van der Waals surface area (Å²) in [6.45, 7) is 12.8. The van der Waals surface area contributed by atoms with Gasteiger partial charge in [-0.15, -0.1) is 0 Å². The van der Waals surface area contributed by atoms with Crippen molar-refractivity contribution in [2.45, 2.75) is 64.1 Å². The monoisotopic (exact) mass is 555 g/mol.